The molecule has 2 aliphatic rings. The number of rotatable bonds is 5. The monoisotopic (exact) mass is 484 g/mol. The molecule has 0 radical (unpaired) electrons. The topological polar surface area (TPSA) is 82.5 Å². The molecular weight excluding hydrogens is 459 g/mol. The van der Waals surface area contributed by atoms with E-state index in [4.69, 9.17) is 26.3 Å². The first kappa shape index (κ1) is 22.5. The molecule has 2 fully saturated rings. The highest BCUT2D eigenvalue weighted by atomic mass is 35.5. The van der Waals surface area contributed by atoms with Crippen molar-refractivity contribution in [3.63, 3.8) is 0 Å². The normalized spacial score (nSPS) is 18.8. The lowest BCUT2D eigenvalue weighted by Crippen LogP contribution is -2.53. The molecule has 2 saturated heterocycles. The first-order valence-electron chi connectivity index (χ1n) is 11.3. The predicted molar refractivity (Wildman–Crippen MR) is 131 cm³/mol. The number of benzene rings is 1. The first-order chi connectivity index (χ1) is 16.6. The average molecular weight is 485 g/mol. The molecule has 1 unspecified atom stereocenters. The number of halogens is 2. The highest BCUT2D eigenvalue weighted by Gasteiger charge is 2.29. The van der Waals surface area contributed by atoms with Gasteiger partial charge in [-0.05, 0) is 37.3 Å². The Balaban J connectivity index is 1.42. The Morgan fingerprint density at radius 1 is 1.00 bits per heavy atom. The average Bonchev–Trinajstić information content (AvgIpc) is 2.85. The quantitative estimate of drug-likeness (QED) is 0.586. The van der Waals surface area contributed by atoms with Gasteiger partial charge in [-0.1, -0.05) is 17.7 Å². The summed E-state index contributed by atoms with van der Waals surface area (Å²) < 4.78 is 19.2. The maximum absolute atomic E-state index is 13.7. The summed E-state index contributed by atoms with van der Waals surface area (Å²) in [6.07, 6.45) is 1.75. The van der Waals surface area contributed by atoms with Crippen LogP contribution >= 0.6 is 11.6 Å². The van der Waals surface area contributed by atoms with Gasteiger partial charge < -0.3 is 24.8 Å². The summed E-state index contributed by atoms with van der Waals surface area (Å²) in [4.78, 5) is 25.0. The van der Waals surface area contributed by atoms with Gasteiger partial charge in [0.25, 0.3) is 0 Å². The zero-order valence-corrected chi connectivity index (χ0v) is 19.6. The van der Waals surface area contributed by atoms with Gasteiger partial charge in [0, 0.05) is 50.6 Å². The van der Waals surface area contributed by atoms with Crippen molar-refractivity contribution in [1.82, 2.24) is 19.9 Å². The van der Waals surface area contributed by atoms with E-state index in [1.165, 1.54) is 12.1 Å². The van der Waals surface area contributed by atoms with E-state index in [1.807, 2.05) is 12.1 Å². The smallest absolute Gasteiger partial charge is 0.233 e. The Labute approximate surface area is 202 Å². The van der Waals surface area contributed by atoms with Crippen LogP contribution in [0.25, 0.3) is 0 Å². The summed E-state index contributed by atoms with van der Waals surface area (Å²) in [7, 11) is 0. The highest BCUT2D eigenvalue weighted by molar-refractivity contribution is 6.32. The summed E-state index contributed by atoms with van der Waals surface area (Å²) in [5.41, 5.74) is 0.577. The molecule has 5 rings (SSSR count). The van der Waals surface area contributed by atoms with Crippen LogP contribution in [0.15, 0.2) is 42.6 Å². The lowest BCUT2D eigenvalue weighted by molar-refractivity contribution is 0.122. The third-order valence-corrected chi connectivity index (χ3v) is 6.20. The second kappa shape index (κ2) is 9.94. The number of nitrogens with one attached hydrogen (secondary N) is 1. The van der Waals surface area contributed by atoms with E-state index in [1.54, 1.807) is 18.3 Å². The molecule has 1 N–H and O–H groups in total. The number of anilines is 5. The summed E-state index contributed by atoms with van der Waals surface area (Å²) in [6, 6.07) is 10.0. The fourth-order valence-corrected chi connectivity index (χ4v) is 4.44. The molecule has 2 aliphatic heterocycles. The van der Waals surface area contributed by atoms with E-state index in [2.05, 4.69) is 36.9 Å². The largest absolute Gasteiger partial charge is 0.378 e. The van der Waals surface area contributed by atoms with Gasteiger partial charge >= 0.3 is 0 Å². The summed E-state index contributed by atoms with van der Waals surface area (Å²) in [5.74, 6) is 1.99. The number of nitrogens with zero attached hydrogens (tertiary/aromatic N) is 7. The third kappa shape index (κ3) is 4.97. The van der Waals surface area contributed by atoms with Crippen molar-refractivity contribution in [3.05, 3.63) is 53.4 Å². The molecule has 34 heavy (non-hydrogen) atoms. The lowest BCUT2D eigenvalue weighted by Gasteiger charge is -2.40. The Bertz CT molecular complexity index is 1150. The number of hydrogen-bond acceptors (Lipinski definition) is 9. The van der Waals surface area contributed by atoms with E-state index in [0.717, 1.165) is 18.9 Å². The Kier molecular flexibility index (Phi) is 6.59. The molecule has 0 saturated carbocycles. The Morgan fingerprint density at radius 3 is 2.59 bits per heavy atom. The number of hydrogen-bond donors (Lipinski definition) is 1. The number of morpholine rings is 1. The number of aromatic nitrogens is 4. The van der Waals surface area contributed by atoms with Gasteiger partial charge in [0.1, 0.15) is 11.6 Å². The molecular formula is C23H26ClFN8O. The van der Waals surface area contributed by atoms with Gasteiger partial charge in [-0.3, -0.25) is 0 Å². The predicted octanol–water partition coefficient (Wildman–Crippen LogP) is 3.35. The molecule has 178 valence electrons. The van der Waals surface area contributed by atoms with Crippen molar-refractivity contribution in [2.75, 3.05) is 66.0 Å². The SMILES string of the molecule is CC1CN(c2ncccc2Cl)CCN1c1nc(Nc2cccc(F)c2)nc(N2CCOCC2)n1. The first-order valence-corrected chi connectivity index (χ1v) is 11.7. The molecule has 0 aliphatic carbocycles. The van der Waals surface area contributed by atoms with Crippen LogP contribution in [0.4, 0.5) is 33.7 Å². The van der Waals surface area contributed by atoms with E-state index in [-0.39, 0.29) is 11.9 Å². The van der Waals surface area contributed by atoms with Gasteiger partial charge in [0.2, 0.25) is 17.8 Å². The number of ether oxygens (including phenoxy) is 1. The Morgan fingerprint density at radius 2 is 1.82 bits per heavy atom. The summed E-state index contributed by atoms with van der Waals surface area (Å²) in [6.45, 7) is 6.91. The fourth-order valence-electron chi connectivity index (χ4n) is 4.20. The van der Waals surface area contributed by atoms with Gasteiger partial charge in [-0.2, -0.15) is 15.0 Å². The zero-order chi connectivity index (χ0) is 23.5. The molecule has 0 amide bonds. The van der Waals surface area contributed by atoms with Crippen molar-refractivity contribution in [2.45, 2.75) is 13.0 Å². The molecule has 0 spiro atoms. The minimum atomic E-state index is -0.328. The highest BCUT2D eigenvalue weighted by Crippen LogP contribution is 2.28. The van der Waals surface area contributed by atoms with Gasteiger partial charge in [-0.25, -0.2) is 9.37 Å². The van der Waals surface area contributed by atoms with Crippen LogP contribution in [0.5, 0.6) is 0 Å². The van der Waals surface area contributed by atoms with Crippen LogP contribution in [0.3, 0.4) is 0 Å². The molecule has 1 atom stereocenters. The van der Waals surface area contributed by atoms with Crippen LogP contribution < -0.4 is 20.0 Å². The van der Waals surface area contributed by atoms with Crippen molar-refractivity contribution in [3.8, 4) is 0 Å². The standard InChI is InChI=1S/C23H26ClFN8O/c1-16-15-32(20-19(24)6-3-7-26-20)8-9-33(16)23-29-21(27-18-5-2-4-17(25)14-18)28-22(30-23)31-10-12-34-13-11-31/h2-7,14,16H,8-13,15H2,1H3,(H,27,28,29,30). The summed E-state index contributed by atoms with van der Waals surface area (Å²) in [5, 5.41) is 3.77. The van der Waals surface area contributed by atoms with E-state index in [0.29, 0.717) is 61.4 Å². The maximum atomic E-state index is 13.7. The molecule has 4 heterocycles. The minimum absolute atomic E-state index is 0.105. The van der Waals surface area contributed by atoms with E-state index >= 15 is 0 Å². The van der Waals surface area contributed by atoms with Gasteiger partial charge in [0.15, 0.2) is 0 Å². The third-order valence-electron chi connectivity index (χ3n) is 5.91. The molecule has 2 aromatic heterocycles. The van der Waals surface area contributed by atoms with Crippen molar-refractivity contribution < 1.29 is 9.13 Å². The molecule has 3 aromatic rings. The summed E-state index contributed by atoms with van der Waals surface area (Å²) >= 11 is 6.37. The van der Waals surface area contributed by atoms with E-state index < -0.39 is 0 Å². The van der Waals surface area contributed by atoms with Crippen LogP contribution in [0.1, 0.15) is 6.92 Å². The van der Waals surface area contributed by atoms with Crippen molar-refractivity contribution in [2.24, 2.45) is 0 Å². The lowest BCUT2D eigenvalue weighted by atomic mass is 10.2. The zero-order valence-electron chi connectivity index (χ0n) is 18.9. The van der Waals surface area contributed by atoms with Crippen LogP contribution in [0, 0.1) is 5.82 Å². The minimum Gasteiger partial charge on any atom is -0.378 e. The van der Waals surface area contributed by atoms with Crippen LogP contribution in [-0.2, 0) is 4.74 Å². The number of pyridine rings is 1. The molecule has 9 nitrogen and oxygen atoms in total. The molecule has 1 aromatic carbocycles. The maximum Gasteiger partial charge on any atom is 0.233 e. The molecule has 0 bridgehead atoms. The fraction of sp³-hybridized carbons (Fsp3) is 0.391. The molecule has 11 heteroatoms. The van der Waals surface area contributed by atoms with Crippen LogP contribution in [-0.4, -0.2) is 71.9 Å². The van der Waals surface area contributed by atoms with E-state index in [9.17, 15) is 4.39 Å². The van der Waals surface area contributed by atoms with Crippen molar-refractivity contribution >= 4 is 41.0 Å². The second-order valence-electron chi connectivity index (χ2n) is 8.29. The Hall–Kier alpha value is -3.24. The number of piperazine rings is 1. The van der Waals surface area contributed by atoms with Crippen LogP contribution in [0.2, 0.25) is 5.02 Å². The van der Waals surface area contributed by atoms with Gasteiger partial charge in [0.05, 0.1) is 18.2 Å². The van der Waals surface area contributed by atoms with Gasteiger partial charge in [-0.15, -0.1) is 0 Å². The van der Waals surface area contributed by atoms with Crippen molar-refractivity contribution in [1.29, 1.82) is 0 Å². The second-order valence-corrected chi connectivity index (χ2v) is 8.70.